The molecule has 88 valence electrons. The number of phenolic OH excluding ortho intramolecular Hbond substituents is 1. The highest BCUT2D eigenvalue weighted by molar-refractivity contribution is 5.65. The van der Waals surface area contributed by atoms with Gasteiger partial charge in [0.15, 0.2) is 0 Å². The molecule has 0 bridgehead atoms. The monoisotopic (exact) mass is 230 g/mol. The summed E-state index contributed by atoms with van der Waals surface area (Å²) in [7, 11) is 0. The van der Waals surface area contributed by atoms with Gasteiger partial charge in [0.1, 0.15) is 11.6 Å². The molecular weight excluding hydrogens is 215 g/mol. The molecular formula is C15H15FO. The van der Waals surface area contributed by atoms with Crippen LogP contribution in [-0.2, 0) is 0 Å². The molecule has 0 unspecified atom stereocenters. The van der Waals surface area contributed by atoms with E-state index in [4.69, 9.17) is 0 Å². The van der Waals surface area contributed by atoms with E-state index in [1.54, 1.807) is 6.07 Å². The highest BCUT2D eigenvalue weighted by Crippen LogP contribution is 2.26. The highest BCUT2D eigenvalue weighted by Gasteiger charge is 2.04. The number of hydrogen-bond donors (Lipinski definition) is 1. The zero-order valence-corrected chi connectivity index (χ0v) is 9.94. The molecule has 0 radical (unpaired) electrons. The minimum atomic E-state index is -0.423. The van der Waals surface area contributed by atoms with Crippen LogP contribution in [0.25, 0.3) is 11.1 Å². The lowest BCUT2D eigenvalue weighted by molar-refractivity contribution is 0.469. The van der Waals surface area contributed by atoms with Gasteiger partial charge < -0.3 is 5.11 Å². The Morgan fingerprint density at radius 1 is 0.941 bits per heavy atom. The van der Waals surface area contributed by atoms with E-state index in [0.717, 1.165) is 11.6 Å². The van der Waals surface area contributed by atoms with Gasteiger partial charge in [-0.3, -0.25) is 0 Å². The lowest BCUT2D eigenvalue weighted by Gasteiger charge is -2.07. The molecule has 1 N–H and O–H groups in total. The third-order valence-electron chi connectivity index (χ3n) is 2.79. The van der Waals surface area contributed by atoms with Crippen LogP contribution >= 0.6 is 0 Å². The summed E-state index contributed by atoms with van der Waals surface area (Å²) in [5, 5.41) is 9.36. The van der Waals surface area contributed by atoms with Crippen LogP contribution in [0.5, 0.6) is 5.75 Å². The highest BCUT2D eigenvalue weighted by atomic mass is 19.1. The maximum atomic E-state index is 13.2. The van der Waals surface area contributed by atoms with Crippen molar-refractivity contribution in [3.8, 4) is 16.9 Å². The number of phenols is 1. The first kappa shape index (κ1) is 11.6. The van der Waals surface area contributed by atoms with Gasteiger partial charge in [-0.2, -0.15) is 0 Å². The summed E-state index contributed by atoms with van der Waals surface area (Å²) < 4.78 is 13.2. The average Bonchev–Trinajstić information content (AvgIpc) is 2.28. The van der Waals surface area contributed by atoms with Crippen molar-refractivity contribution in [2.24, 2.45) is 0 Å². The maximum absolute atomic E-state index is 13.2. The first-order valence-electron chi connectivity index (χ1n) is 5.66. The summed E-state index contributed by atoms with van der Waals surface area (Å²) in [6, 6.07) is 12.0. The lowest BCUT2D eigenvalue weighted by atomic mass is 9.99. The van der Waals surface area contributed by atoms with Gasteiger partial charge in [0.05, 0.1) is 0 Å². The summed E-state index contributed by atoms with van der Waals surface area (Å²) in [6.45, 7) is 4.26. The van der Waals surface area contributed by atoms with Gasteiger partial charge in [0, 0.05) is 6.07 Å². The Balaban J connectivity index is 2.39. The van der Waals surface area contributed by atoms with E-state index >= 15 is 0 Å². The van der Waals surface area contributed by atoms with Crippen molar-refractivity contribution in [3.05, 3.63) is 53.8 Å². The van der Waals surface area contributed by atoms with Crippen LogP contribution < -0.4 is 0 Å². The minimum Gasteiger partial charge on any atom is -0.508 e. The molecule has 0 spiro atoms. The fraction of sp³-hybridized carbons (Fsp3) is 0.200. The molecule has 2 aromatic rings. The van der Waals surface area contributed by atoms with Crippen molar-refractivity contribution >= 4 is 0 Å². The van der Waals surface area contributed by atoms with Gasteiger partial charge in [-0.05, 0) is 34.7 Å². The third kappa shape index (κ3) is 2.64. The minimum absolute atomic E-state index is 0.0482. The molecule has 0 saturated heterocycles. The number of halogens is 1. The van der Waals surface area contributed by atoms with Crippen LogP contribution in [-0.4, -0.2) is 5.11 Å². The second-order valence-corrected chi connectivity index (χ2v) is 4.47. The van der Waals surface area contributed by atoms with Crippen molar-refractivity contribution in [2.45, 2.75) is 19.8 Å². The summed E-state index contributed by atoms with van der Waals surface area (Å²) in [6.07, 6.45) is 0. The predicted octanol–water partition coefficient (Wildman–Crippen LogP) is 4.32. The van der Waals surface area contributed by atoms with Crippen molar-refractivity contribution in [3.63, 3.8) is 0 Å². The molecule has 2 rings (SSSR count). The van der Waals surface area contributed by atoms with Gasteiger partial charge in [0.2, 0.25) is 0 Å². The van der Waals surface area contributed by atoms with Crippen LogP contribution in [0, 0.1) is 5.82 Å². The smallest absolute Gasteiger partial charge is 0.127 e. The van der Waals surface area contributed by atoms with Gasteiger partial charge >= 0.3 is 0 Å². The van der Waals surface area contributed by atoms with Crippen molar-refractivity contribution in [1.82, 2.24) is 0 Å². The van der Waals surface area contributed by atoms with Crippen molar-refractivity contribution in [1.29, 1.82) is 0 Å². The maximum Gasteiger partial charge on any atom is 0.127 e. The van der Waals surface area contributed by atoms with Gasteiger partial charge in [0.25, 0.3) is 0 Å². The molecule has 0 atom stereocenters. The topological polar surface area (TPSA) is 20.2 Å². The quantitative estimate of drug-likeness (QED) is 0.814. The normalized spacial score (nSPS) is 10.8. The SMILES string of the molecule is CC(C)c1ccc(-c2cc(O)cc(F)c2)cc1. The van der Waals surface area contributed by atoms with Gasteiger partial charge in [-0.25, -0.2) is 4.39 Å². The Kier molecular flexibility index (Phi) is 3.14. The molecule has 0 aliphatic carbocycles. The molecule has 2 heteroatoms. The van der Waals surface area contributed by atoms with E-state index in [9.17, 15) is 9.50 Å². The fourth-order valence-electron chi connectivity index (χ4n) is 1.80. The molecule has 0 saturated carbocycles. The van der Waals surface area contributed by atoms with Crippen molar-refractivity contribution < 1.29 is 9.50 Å². The molecule has 2 aromatic carbocycles. The Labute approximate surface area is 101 Å². The van der Waals surface area contributed by atoms with E-state index in [0.29, 0.717) is 11.5 Å². The number of benzene rings is 2. The summed E-state index contributed by atoms with van der Waals surface area (Å²) >= 11 is 0. The van der Waals surface area contributed by atoms with Crippen molar-refractivity contribution in [2.75, 3.05) is 0 Å². The predicted molar refractivity (Wildman–Crippen MR) is 67.6 cm³/mol. The van der Waals surface area contributed by atoms with E-state index in [2.05, 4.69) is 13.8 Å². The summed E-state index contributed by atoms with van der Waals surface area (Å²) in [4.78, 5) is 0. The Morgan fingerprint density at radius 2 is 1.59 bits per heavy atom. The average molecular weight is 230 g/mol. The number of rotatable bonds is 2. The molecule has 17 heavy (non-hydrogen) atoms. The zero-order chi connectivity index (χ0) is 12.4. The molecule has 0 aromatic heterocycles. The second kappa shape index (κ2) is 4.58. The van der Waals surface area contributed by atoms with E-state index in [1.165, 1.54) is 11.6 Å². The van der Waals surface area contributed by atoms with Gasteiger partial charge in [-0.15, -0.1) is 0 Å². The Hall–Kier alpha value is -1.83. The first-order valence-corrected chi connectivity index (χ1v) is 5.66. The standard InChI is InChI=1S/C15H15FO/c1-10(2)11-3-5-12(6-4-11)13-7-14(16)9-15(17)8-13/h3-10,17H,1-2H3. The van der Waals surface area contributed by atoms with Crippen LogP contribution in [0.3, 0.4) is 0 Å². The van der Waals surface area contributed by atoms with E-state index in [-0.39, 0.29) is 5.75 Å². The van der Waals surface area contributed by atoms with Crippen LogP contribution in [0.1, 0.15) is 25.3 Å². The first-order chi connectivity index (χ1) is 8.06. The van der Waals surface area contributed by atoms with Crippen LogP contribution in [0.15, 0.2) is 42.5 Å². The summed E-state index contributed by atoms with van der Waals surface area (Å²) in [5.41, 5.74) is 2.84. The molecule has 0 amide bonds. The lowest BCUT2D eigenvalue weighted by Crippen LogP contribution is -1.87. The summed E-state index contributed by atoms with van der Waals surface area (Å²) in [5.74, 6) is 0.00540. The Morgan fingerprint density at radius 3 is 2.12 bits per heavy atom. The zero-order valence-electron chi connectivity index (χ0n) is 9.94. The van der Waals surface area contributed by atoms with E-state index < -0.39 is 5.82 Å². The molecule has 1 nitrogen and oxygen atoms in total. The van der Waals surface area contributed by atoms with Gasteiger partial charge in [-0.1, -0.05) is 38.1 Å². The largest absolute Gasteiger partial charge is 0.508 e. The third-order valence-corrected chi connectivity index (χ3v) is 2.79. The fourth-order valence-corrected chi connectivity index (χ4v) is 1.80. The Bertz CT molecular complexity index is 495. The van der Waals surface area contributed by atoms with Crippen LogP contribution in [0.4, 0.5) is 4.39 Å². The second-order valence-electron chi connectivity index (χ2n) is 4.47. The number of aromatic hydroxyl groups is 1. The molecule has 0 heterocycles. The van der Waals surface area contributed by atoms with E-state index in [1.807, 2.05) is 24.3 Å². The number of hydrogen-bond acceptors (Lipinski definition) is 1. The molecule has 0 aliphatic rings. The molecule has 0 fully saturated rings. The molecule has 0 aliphatic heterocycles. The van der Waals surface area contributed by atoms with Crippen LogP contribution in [0.2, 0.25) is 0 Å².